The van der Waals surface area contributed by atoms with Gasteiger partial charge in [0.15, 0.2) is 11.0 Å². The van der Waals surface area contributed by atoms with Crippen LogP contribution in [0.15, 0.2) is 75.3 Å². The Morgan fingerprint density at radius 1 is 1.09 bits per heavy atom. The van der Waals surface area contributed by atoms with Crippen LogP contribution >= 0.6 is 23.4 Å². The summed E-state index contributed by atoms with van der Waals surface area (Å²) in [7, 11) is 0. The Kier molecular flexibility index (Phi) is 6.72. The fourth-order valence-corrected chi connectivity index (χ4v) is 3.80. The standard InChI is InChI=1S/C23H20ClN5O2S/c1-15-3-10-19(11-4-15)29-22(17-6-8-18(24)9-7-17)27-28-23(29)32-14-21(30)26-25-13-20-12-5-16(2)31-20/h3-13H,14H2,1-2H3,(H,26,30)/b25-13+. The van der Waals surface area contributed by atoms with Crippen LogP contribution in [0.2, 0.25) is 5.02 Å². The van der Waals surface area contributed by atoms with E-state index in [9.17, 15) is 4.79 Å². The summed E-state index contributed by atoms with van der Waals surface area (Å²) in [5.74, 6) is 1.88. The van der Waals surface area contributed by atoms with Crippen LogP contribution in [0, 0.1) is 13.8 Å². The molecule has 0 aliphatic heterocycles. The van der Waals surface area contributed by atoms with Gasteiger partial charge in [-0.05, 0) is 62.4 Å². The number of benzene rings is 2. The van der Waals surface area contributed by atoms with Gasteiger partial charge in [-0.25, -0.2) is 5.43 Å². The average molecular weight is 466 g/mol. The Labute approximate surface area is 194 Å². The number of rotatable bonds is 7. The van der Waals surface area contributed by atoms with Crippen LogP contribution in [-0.2, 0) is 4.79 Å². The molecule has 1 N–H and O–H groups in total. The molecule has 4 aromatic rings. The lowest BCUT2D eigenvalue weighted by atomic mass is 10.2. The van der Waals surface area contributed by atoms with Crippen LogP contribution in [0.5, 0.6) is 0 Å². The van der Waals surface area contributed by atoms with Crippen molar-refractivity contribution in [3.63, 3.8) is 0 Å². The second-order valence-corrected chi connectivity index (χ2v) is 8.39. The minimum absolute atomic E-state index is 0.124. The third kappa shape index (κ3) is 5.27. The van der Waals surface area contributed by atoms with E-state index in [2.05, 4.69) is 20.7 Å². The SMILES string of the molecule is Cc1ccc(-n2c(SCC(=O)N/N=C/c3ccc(C)o3)nnc2-c2ccc(Cl)cc2)cc1. The molecule has 0 saturated carbocycles. The summed E-state index contributed by atoms with van der Waals surface area (Å²) >= 11 is 7.31. The number of carbonyl (C=O) groups is 1. The number of furan rings is 1. The van der Waals surface area contributed by atoms with Crippen molar-refractivity contribution in [2.24, 2.45) is 5.10 Å². The third-order valence-electron chi connectivity index (χ3n) is 4.50. The maximum Gasteiger partial charge on any atom is 0.250 e. The third-order valence-corrected chi connectivity index (χ3v) is 5.68. The van der Waals surface area contributed by atoms with Gasteiger partial charge in [0.25, 0.3) is 5.91 Å². The molecule has 0 spiro atoms. The van der Waals surface area contributed by atoms with Crippen molar-refractivity contribution < 1.29 is 9.21 Å². The fourth-order valence-electron chi connectivity index (χ4n) is 2.93. The predicted molar refractivity (Wildman–Crippen MR) is 126 cm³/mol. The van der Waals surface area contributed by atoms with Gasteiger partial charge in [-0.1, -0.05) is 41.1 Å². The minimum Gasteiger partial charge on any atom is -0.460 e. The van der Waals surface area contributed by atoms with Gasteiger partial charge < -0.3 is 4.42 Å². The maximum atomic E-state index is 12.3. The highest BCUT2D eigenvalue weighted by Crippen LogP contribution is 2.28. The summed E-state index contributed by atoms with van der Waals surface area (Å²) in [6.07, 6.45) is 1.46. The number of nitrogens with one attached hydrogen (secondary N) is 1. The monoisotopic (exact) mass is 465 g/mol. The van der Waals surface area contributed by atoms with Gasteiger partial charge in [0.1, 0.15) is 11.5 Å². The van der Waals surface area contributed by atoms with Crippen LogP contribution in [0.3, 0.4) is 0 Å². The molecule has 0 saturated heterocycles. The first-order valence-electron chi connectivity index (χ1n) is 9.79. The van der Waals surface area contributed by atoms with Crippen molar-refractivity contribution >= 4 is 35.5 Å². The smallest absolute Gasteiger partial charge is 0.250 e. The van der Waals surface area contributed by atoms with Crippen LogP contribution in [0.4, 0.5) is 0 Å². The number of aryl methyl sites for hydroxylation is 2. The highest BCUT2D eigenvalue weighted by Gasteiger charge is 2.17. The van der Waals surface area contributed by atoms with E-state index >= 15 is 0 Å². The van der Waals surface area contributed by atoms with Crippen molar-refractivity contribution in [3.05, 3.63) is 82.8 Å². The number of hydrazone groups is 1. The van der Waals surface area contributed by atoms with Gasteiger partial charge in [-0.15, -0.1) is 10.2 Å². The molecule has 4 rings (SSSR count). The summed E-state index contributed by atoms with van der Waals surface area (Å²) in [4.78, 5) is 12.3. The molecular weight excluding hydrogens is 446 g/mol. The molecule has 0 radical (unpaired) electrons. The van der Waals surface area contributed by atoms with E-state index in [-0.39, 0.29) is 11.7 Å². The van der Waals surface area contributed by atoms with Crippen LogP contribution in [0.25, 0.3) is 17.1 Å². The van der Waals surface area contributed by atoms with E-state index in [0.717, 1.165) is 22.6 Å². The van der Waals surface area contributed by atoms with Crippen molar-refractivity contribution in [2.45, 2.75) is 19.0 Å². The average Bonchev–Trinajstić information content (AvgIpc) is 3.39. The molecule has 7 nitrogen and oxygen atoms in total. The second-order valence-electron chi connectivity index (χ2n) is 7.01. The van der Waals surface area contributed by atoms with E-state index < -0.39 is 0 Å². The molecule has 162 valence electrons. The number of thioether (sulfide) groups is 1. The van der Waals surface area contributed by atoms with Gasteiger partial charge in [0, 0.05) is 16.3 Å². The fraction of sp³-hybridized carbons (Fsp3) is 0.130. The molecular formula is C23H20ClN5O2S. The van der Waals surface area contributed by atoms with Gasteiger partial charge in [0.2, 0.25) is 0 Å². The van der Waals surface area contributed by atoms with Crippen molar-refractivity contribution in [2.75, 3.05) is 5.75 Å². The molecule has 9 heteroatoms. The highest BCUT2D eigenvalue weighted by atomic mass is 35.5. The number of hydrogen-bond acceptors (Lipinski definition) is 6. The van der Waals surface area contributed by atoms with E-state index in [4.69, 9.17) is 16.0 Å². The Morgan fingerprint density at radius 3 is 2.53 bits per heavy atom. The first-order chi connectivity index (χ1) is 15.5. The lowest BCUT2D eigenvalue weighted by Gasteiger charge is -2.10. The van der Waals surface area contributed by atoms with Crippen molar-refractivity contribution in [3.8, 4) is 17.1 Å². The normalized spacial score (nSPS) is 11.2. The van der Waals surface area contributed by atoms with Crippen LogP contribution < -0.4 is 5.43 Å². The molecule has 2 aromatic carbocycles. The second kappa shape index (κ2) is 9.84. The number of amides is 1. The molecule has 0 fully saturated rings. The number of nitrogens with zero attached hydrogens (tertiary/aromatic N) is 4. The lowest BCUT2D eigenvalue weighted by molar-refractivity contribution is -0.118. The number of carbonyl (C=O) groups excluding carboxylic acids is 1. The van der Waals surface area contributed by atoms with Gasteiger partial charge >= 0.3 is 0 Å². The van der Waals surface area contributed by atoms with Gasteiger partial charge in [0.05, 0.1) is 12.0 Å². The summed E-state index contributed by atoms with van der Waals surface area (Å²) < 4.78 is 7.31. The molecule has 32 heavy (non-hydrogen) atoms. The Balaban J connectivity index is 1.52. The van der Waals surface area contributed by atoms with Gasteiger partial charge in [-0.2, -0.15) is 5.10 Å². The molecule has 2 heterocycles. The van der Waals surface area contributed by atoms with Crippen LogP contribution in [0.1, 0.15) is 17.1 Å². The lowest BCUT2D eigenvalue weighted by Crippen LogP contribution is -2.19. The molecule has 1 amide bonds. The summed E-state index contributed by atoms with van der Waals surface area (Å²) in [5.41, 5.74) is 5.42. The van der Waals surface area contributed by atoms with Crippen LogP contribution in [-0.4, -0.2) is 32.6 Å². The zero-order chi connectivity index (χ0) is 22.5. The highest BCUT2D eigenvalue weighted by molar-refractivity contribution is 7.99. The first kappa shape index (κ1) is 21.9. The molecule has 0 unspecified atom stereocenters. The van der Waals surface area contributed by atoms with Gasteiger partial charge in [-0.3, -0.25) is 9.36 Å². The quantitative estimate of drug-likeness (QED) is 0.235. The Bertz CT molecular complexity index is 1250. The maximum absolute atomic E-state index is 12.3. The number of aromatic nitrogens is 3. The zero-order valence-corrected chi connectivity index (χ0v) is 19.0. The topological polar surface area (TPSA) is 85.3 Å². The van der Waals surface area contributed by atoms with E-state index in [1.807, 2.05) is 73.0 Å². The first-order valence-corrected chi connectivity index (χ1v) is 11.2. The summed E-state index contributed by atoms with van der Waals surface area (Å²) in [6.45, 7) is 3.87. The van der Waals surface area contributed by atoms with Crippen molar-refractivity contribution in [1.82, 2.24) is 20.2 Å². The van der Waals surface area contributed by atoms with E-state index in [1.165, 1.54) is 18.0 Å². The summed E-state index contributed by atoms with van der Waals surface area (Å²) in [5, 5.41) is 13.9. The number of hydrogen-bond donors (Lipinski definition) is 1. The summed E-state index contributed by atoms with van der Waals surface area (Å²) in [6, 6.07) is 19.0. The molecule has 0 aliphatic rings. The largest absolute Gasteiger partial charge is 0.460 e. The predicted octanol–water partition coefficient (Wildman–Crippen LogP) is 5.04. The minimum atomic E-state index is -0.263. The number of halogens is 1. The zero-order valence-electron chi connectivity index (χ0n) is 17.4. The Hall–Kier alpha value is -3.36. The molecule has 0 bridgehead atoms. The molecule has 2 aromatic heterocycles. The van der Waals surface area contributed by atoms with Crippen molar-refractivity contribution in [1.29, 1.82) is 0 Å². The Morgan fingerprint density at radius 2 is 1.84 bits per heavy atom. The van der Waals surface area contributed by atoms with E-state index in [0.29, 0.717) is 21.8 Å². The molecule has 0 aliphatic carbocycles. The molecule has 0 atom stereocenters. The van der Waals surface area contributed by atoms with E-state index in [1.54, 1.807) is 6.07 Å².